The highest BCUT2D eigenvalue weighted by atomic mass is 35.5. The average molecular weight is 237 g/mol. The lowest BCUT2D eigenvalue weighted by molar-refractivity contribution is 1.31. The van der Waals surface area contributed by atoms with Crippen LogP contribution in [0.3, 0.4) is 0 Å². The molecule has 5 heteroatoms. The van der Waals surface area contributed by atoms with Gasteiger partial charge in [0.2, 0.25) is 0 Å². The Morgan fingerprint density at radius 3 is 2.62 bits per heavy atom. The molecule has 1 aromatic carbocycles. The first-order chi connectivity index (χ1) is 7.40. The minimum Gasteiger partial charge on any atom is -0.347 e. The van der Waals surface area contributed by atoms with E-state index in [4.69, 9.17) is 0 Å². The van der Waals surface area contributed by atoms with Crippen molar-refractivity contribution in [2.24, 2.45) is 4.99 Å². The van der Waals surface area contributed by atoms with E-state index in [2.05, 4.69) is 20.3 Å². The molecule has 0 atom stereocenters. The molecule has 0 amide bonds. The van der Waals surface area contributed by atoms with Crippen LogP contribution in [0.5, 0.6) is 0 Å². The van der Waals surface area contributed by atoms with E-state index < -0.39 is 0 Å². The number of imidazole rings is 1. The fraction of sp³-hybridized carbons (Fsp3) is 0.0909. The number of hydrogen-bond acceptors (Lipinski definition) is 2. The number of halogens is 1. The van der Waals surface area contributed by atoms with Crippen LogP contribution in [-0.4, -0.2) is 23.4 Å². The van der Waals surface area contributed by atoms with E-state index in [0.29, 0.717) is 0 Å². The van der Waals surface area contributed by atoms with Gasteiger partial charge in [-0.2, -0.15) is 0 Å². The van der Waals surface area contributed by atoms with Crippen LogP contribution in [0, 0.1) is 0 Å². The van der Waals surface area contributed by atoms with Crippen molar-refractivity contribution in [1.82, 2.24) is 9.97 Å². The van der Waals surface area contributed by atoms with Crippen LogP contribution in [-0.2, 0) is 0 Å². The van der Waals surface area contributed by atoms with Crippen molar-refractivity contribution in [2.45, 2.75) is 0 Å². The number of aliphatic imine (C=N–C) groups is 1. The van der Waals surface area contributed by atoms with Crippen molar-refractivity contribution >= 4 is 24.4 Å². The Labute approximate surface area is 100 Å². The van der Waals surface area contributed by atoms with E-state index in [-0.39, 0.29) is 12.4 Å². The molecule has 0 spiro atoms. The monoisotopic (exact) mass is 236 g/mol. The molecule has 0 bridgehead atoms. The van der Waals surface area contributed by atoms with Crippen molar-refractivity contribution in [2.75, 3.05) is 12.4 Å². The molecule has 0 fully saturated rings. The van der Waals surface area contributed by atoms with Crippen LogP contribution >= 0.6 is 12.4 Å². The zero-order valence-corrected chi connectivity index (χ0v) is 9.66. The second-order valence-electron chi connectivity index (χ2n) is 3.07. The molecule has 16 heavy (non-hydrogen) atoms. The molecule has 0 saturated heterocycles. The third-order valence-electron chi connectivity index (χ3n) is 2.05. The lowest BCUT2D eigenvalue weighted by atomic mass is 10.1. The molecular formula is C11H13ClN4. The summed E-state index contributed by atoms with van der Waals surface area (Å²) in [4.78, 5) is 10.9. The predicted octanol–water partition coefficient (Wildman–Crippen LogP) is 2.57. The van der Waals surface area contributed by atoms with Crippen LogP contribution in [0.25, 0.3) is 11.3 Å². The van der Waals surface area contributed by atoms with Gasteiger partial charge in [0.15, 0.2) is 0 Å². The van der Waals surface area contributed by atoms with Crippen molar-refractivity contribution in [3.05, 3.63) is 36.8 Å². The summed E-state index contributed by atoms with van der Waals surface area (Å²) in [6, 6.07) is 8.05. The second-order valence-corrected chi connectivity index (χ2v) is 3.07. The molecule has 0 aliphatic carbocycles. The highest BCUT2D eigenvalue weighted by Gasteiger charge is 1.97. The van der Waals surface area contributed by atoms with Gasteiger partial charge in [-0.3, -0.25) is 4.99 Å². The average Bonchev–Trinajstić information content (AvgIpc) is 2.80. The van der Waals surface area contributed by atoms with Crippen LogP contribution in [0.1, 0.15) is 0 Å². The van der Waals surface area contributed by atoms with E-state index in [1.807, 2.05) is 24.3 Å². The van der Waals surface area contributed by atoms with Crippen molar-refractivity contribution in [1.29, 1.82) is 0 Å². The Hall–Kier alpha value is -1.81. The number of nitrogens with one attached hydrogen (secondary N) is 2. The number of benzene rings is 1. The summed E-state index contributed by atoms with van der Waals surface area (Å²) in [5.74, 6) is 0. The van der Waals surface area contributed by atoms with Crippen molar-refractivity contribution in [3.8, 4) is 11.3 Å². The molecule has 1 heterocycles. The molecule has 1 aromatic heterocycles. The smallest absolute Gasteiger partial charge is 0.0924 e. The Balaban J connectivity index is 0.00000128. The summed E-state index contributed by atoms with van der Waals surface area (Å²) >= 11 is 0. The van der Waals surface area contributed by atoms with Gasteiger partial charge in [0.25, 0.3) is 0 Å². The zero-order valence-electron chi connectivity index (χ0n) is 8.84. The number of hydrogen-bond donors (Lipinski definition) is 2. The zero-order chi connectivity index (χ0) is 10.5. The Bertz CT molecular complexity index is 434. The Kier molecular flexibility index (Phi) is 4.54. The molecular weight excluding hydrogens is 224 g/mol. The predicted molar refractivity (Wildman–Crippen MR) is 69.3 cm³/mol. The van der Waals surface area contributed by atoms with E-state index in [0.717, 1.165) is 16.9 Å². The fourth-order valence-corrected chi connectivity index (χ4v) is 1.30. The maximum atomic E-state index is 3.98. The first-order valence-corrected chi connectivity index (χ1v) is 4.66. The van der Waals surface area contributed by atoms with Gasteiger partial charge >= 0.3 is 0 Å². The van der Waals surface area contributed by atoms with E-state index >= 15 is 0 Å². The summed E-state index contributed by atoms with van der Waals surface area (Å²) in [5, 5.41) is 3.05. The largest absolute Gasteiger partial charge is 0.347 e. The van der Waals surface area contributed by atoms with Crippen LogP contribution in [0.15, 0.2) is 41.8 Å². The Morgan fingerprint density at radius 1 is 1.31 bits per heavy atom. The highest BCUT2D eigenvalue weighted by Crippen LogP contribution is 2.18. The molecule has 84 valence electrons. The van der Waals surface area contributed by atoms with Gasteiger partial charge in [0.1, 0.15) is 0 Å². The van der Waals surface area contributed by atoms with Gasteiger partial charge < -0.3 is 10.3 Å². The SMILES string of the molecule is CN=CNc1ccc(-c2cnc[nH]2)cc1.Cl. The summed E-state index contributed by atoms with van der Waals surface area (Å²) in [6.45, 7) is 0. The number of anilines is 1. The van der Waals surface area contributed by atoms with E-state index in [9.17, 15) is 0 Å². The number of nitrogens with zero attached hydrogens (tertiary/aromatic N) is 2. The van der Waals surface area contributed by atoms with Gasteiger partial charge in [0, 0.05) is 12.7 Å². The minimum atomic E-state index is 0. The van der Waals surface area contributed by atoms with Gasteiger partial charge in [-0.25, -0.2) is 4.98 Å². The standard InChI is InChI=1S/C11H12N4.ClH/c1-12-7-14-10-4-2-9(3-5-10)11-6-13-8-15-11;/h2-8H,1H3,(H,12,14)(H,13,15);1H. The van der Waals surface area contributed by atoms with Gasteiger partial charge in [0.05, 0.1) is 24.6 Å². The quantitative estimate of drug-likeness (QED) is 0.636. The third-order valence-corrected chi connectivity index (χ3v) is 2.05. The minimum absolute atomic E-state index is 0. The van der Waals surface area contributed by atoms with E-state index in [1.54, 1.807) is 25.9 Å². The lowest BCUT2D eigenvalue weighted by Crippen LogP contribution is -1.93. The molecule has 0 saturated carbocycles. The molecule has 4 nitrogen and oxygen atoms in total. The first kappa shape index (κ1) is 12.3. The van der Waals surface area contributed by atoms with Crippen molar-refractivity contribution < 1.29 is 0 Å². The molecule has 0 unspecified atom stereocenters. The van der Waals surface area contributed by atoms with Gasteiger partial charge in [-0.1, -0.05) is 12.1 Å². The molecule has 2 rings (SSSR count). The van der Waals surface area contributed by atoms with Crippen LogP contribution in [0.2, 0.25) is 0 Å². The fourth-order valence-electron chi connectivity index (χ4n) is 1.30. The topological polar surface area (TPSA) is 53.1 Å². The Morgan fingerprint density at radius 2 is 2.06 bits per heavy atom. The molecule has 0 aliphatic rings. The van der Waals surface area contributed by atoms with Crippen molar-refractivity contribution in [3.63, 3.8) is 0 Å². The number of rotatable bonds is 3. The normalized spacial score (nSPS) is 10.1. The first-order valence-electron chi connectivity index (χ1n) is 4.66. The molecule has 0 radical (unpaired) electrons. The van der Waals surface area contributed by atoms with E-state index in [1.165, 1.54) is 0 Å². The van der Waals surface area contributed by atoms with Gasteiger partial charge in [-0.15, -0.1) is 12.4 Å². The van der Waals surface area contributed by atoms with Crippen LogP contribution in [0.4, 0.5) is 5.69 Å². The summed E-state index contributed by atoms with van der Waals surface area (Å²) in [7, 11) is 1.73. The number of aromatic nitrogens is 2. The molecule has 2 aromatic rings. The number of H-pyrrole nitrogens is 1. The third kappa shape index (κ3) is 2.84. The maximum absolute atomic E-state index is 3.98. The van der Waals surface area contributed by atoms with Crippen LogP contribution < -0.4 is 5.32 Å². The molecule has 0 aliphatic heterocycles. The molecule has 2 N–H and O–H groups in total. The summed E-state index contributed by atoms with van der Waals surface area (Å²) in [6.07, 6.45) is 5.13. The maximum Gasteiger partial charge on any atom is 0.0924 e. The summed E-state index contributed by atoms with van der Waals surface area (Å²) in [5.41, 5.74) is 3.15. The second kappa shape index (κ2) is 5.92. The lowest BCUT2D eigenvalue weighted by Gasteiger charge is -2.01. The van der Waals surface area contributed by atoms with Gasteiger partial charge in [-0.05, 0) is 17.7 Å². The number of aromatic amines is 1. The summed E-state index contributed by atoms with van der Waals surface area (Å²) < 4.78 is 0. The highest BCUT2D eigenvalue weighted by molar-refractivity contribution is 5.85.